The second-order valence-electron chi connectivity index (χ2n) is 5.24. The van der Waals surface area contributed by atoms with E-state index in [0.29, 0.717) is 12.2 Å². The molecule has 1 aliphatic carbocycles. The van der Waals surface area contributed by atoms with Crippen LogP contribution in [0.25, 0.3) is 0 Å². The van der Waals surface area contributed by atoms with E-state index in [4.69, 9.17) is 9.47 Å². The Balaban J connectivity index is 1.48. The lowest BCUT2D eigenvalue weighted by Gasteiger charge is -2.19. The number of hydrogen-bond donors (Lipinski definition) is 1. The van der Waals surface area contributed by atoms with Crippen molar-refractivity contribution < 1.29 is 14.3 Å². The van der Waals surface area contributed by atoms with Crippen molar-refractivity contribution in [2.24, 2.45) is 0 Å². The van der Waals surface area contributed by atoms with E-state index in [1.807, 2.05) is 30.3 Å². The Morgan fingerprint density at radius 3 is 2.74 bits per heavy atom. The van der Waals surface area contributed by atoms with Crippen molar-refractivity contribution in [2.75, 3.05) is 5.32 Å². The predicted octanol–water partition coefficient (Wildman–Crippen LogP) is 3.34. The Hall–Kier alpha value is -1.55. The third kappa shape index (κ3) is 3.47. The van der Waals surface area contributed by atoms with Crippen LogP contribution in [-0.2, 0) is 9.47 Å². The van der Waals surface area contributed by atoms with Crippen molar-refractivity contribution in [2.45, 2.75) is 50.4 Å². The number of carbonyl (C=O) groups excluding carboxylic acids is 1. The molecule has 0 bridgehead atoms. The number of hydrogen-bond acceptors (Lipinski definition) is 3. The minimum atomic E-state index is -0.356. The first-order chi connectivity index (χ1) is 9.31. The molecule has 1 aliphatic heterocycles. The van der Waals surface area contributed by atoms with E-state index in [9.17, 15) is 4.79 Å². The Labute approximate surface area is 113 Å². The van der Waals surface area contributed by atoms with E-state index in [1.165, 1.54) is 0 Å². The largest absolute Gasteiger partial charge is 0.446 e. The number of rotatable bonds is 2. The van der Waals surface area contributed by atoms with Crippen LogP contribution in [0.2, 0.25) is 0 Å². The van der Waals surface area contributed by atoms with Crippen LogP contribution in [0.1, 0.15) is 32.1 Å². The summed E-state index contributed by atoms with van der Waals surface area (Å²) in [6, 6.07) is 9.38. The summed E-state index contributed by atoms with van der Waals surface area (Å²) in [4.78, 5) is 11.8. The van der Waals surface area contributed by atoms with Gasteiger partial charge in [0, 0.05) is 5.69 Å². The van der Waals surface area contributed by atoms with Gasteiger partial charge in [0.25, 0.3) is 0 Å². The predicted molar refractivity (Wildman–Crippen MR) is 72.1 cm³/mol. The highest BCUT2D eigenvalue weighted by Crippen LogP contribution is 2.34. The molecule has 2 fully saturated rings. The van der Waals surface area contributed by atoms with E-state index in [1.54, 1.807) is 0 Å². The second-order valence-corrected chi connectivity index (χ2v) is 5.24. The molecule has 0 spiro atoms. The normalized spacial score (nSPS) is 29.6. The Morgan fingerprint density at radius 2 is 1.89 bits per heavy atom. The van der Waals surface area contributed by atoms with Gasteiger partial charge in [0.05, 0.1) is 12.2 Å². The van der Waals surface area contributed by atoms with Crippen molar-refractivity contribution in [3.63, 3.8) is 0 Å². The number of epoxide rings is 1. The average Bonchev–Trinajstić information content (AvgIpc) is 3.12. The summed E-state index contributed by atoms with van der Waals surface area (Å²) in [7, 11) is 0. The van der Waals surface area contributed by atoms with Gasteiger partial charge in [-0.2, -0.15) is 0 Å². The van der Waals surface area contributed by atoms with E-state index in [-0.39, 0.29) is 12.2 Å². The monoisotopic (exact) mass is 261 g/mol. The fourth-order valence-electron chi connectivity index (χ4n) is 2.67. The van der Waals surface area contributed by atoms with Gasteiger partial charge in [-0.25, -0.2) is 4.79 Å². The molecule has 1 heterocycles. The summed E-state index contributed by atoms with van der Waals surface area (Å²) in [6.07, 6.45) is 5.60. The summed E-state index contributed by atoms with van der Waals surface area (Å²) >= 11 is 0. The standard InChI is InChI=1S/C15H19NO3/c17-15(16-11-5-2-1-3-6-11)18-12-7-4-8-13-14(19-13)10-9-12/h1-3,5-6,12-14H,4,7-10H2,(H,16,17)/t12-,13-,14-/m0/s1. The van der Waals surface area contributed by atoms with Crippen molar-refractivity contribution in [3.05, 3.63) is 30.3 Å². The van der Waals surface area contributed by atoms with Gasteiger partial charge in [0.2, 0.25) is 0 Å². The maximum Gasteiger partial charge on any atom is 0.411 e. The van der Waals surface area contributed by atoms with Crippen LogP contribution in [0, 0.1) is 0 Å². The first-order valence-corrected chi connectivity index (χ1v) is 6.99. The van der Waals surface area contributed by atoms with Gasteiger partial charge in [-0.05, 0) is 44.2 Å². The molecular formula is C15H19NO3. The molecule has 1 amide bonds. The zero-order chi connectivity index (χ0) is 13.1. The molecule has 4 nitrogen and oxygen atoms in total. The lowest BCUT2D eigenvalue weighted by molar-refractivity contribution is 0.0946. The fourth-order valence-corrected chi connectivity index (χ4v) is 2.67. The highest BCUT2D eigenvalue weighted by molar-refractivity contribution is 5.84. The van der Waals surface area contributed by atoms with Crippen LogP contribution in [0.15, 0.2) is 30.3 Å². The van der Waals surface area contributed by atoms with Crippen LogP contribution < -0.4 is 5.32 Å². The third-order valence-electron chi connectivity index (χ3n) is 3.77. The van der Waals surface area contributed by atoms with Crippen LogP contribution >= 0.6 is 0 Å². The van der Waals surface area contributed by atoms with Gasteiger partial charge in [-0.3, -0.25) is 5.32 Å². The Bertz CT molecular complexity index is 434. The summed E-state index contributed by atoms with van der Waals surface area (Å²) in [5.74, 6) is 0. The first kappa shape index (κ1) is 12.5. The maximum absolute atomic E-state index is 11.8. The van der Waals surface area contributed by atoms with Gasteiger partial charge in [0.15, 0.2) is 0 Å². The van der Waals surface area contributed by atoms with Crippen LogP contribution in [-0.4, -0.2) is 24.4 Å². The van der Waals surface area contributed by atoms with Crippen LogP contribution in [0.4, 0.5) is 10.5 Å². The Morgan fingerprint density at radius 1 is 1.11 bits per heavy atom. The molecule has 1 aromatic rings. The van der Waals surface area contributed by atoms with Crippen molar-refractivity contribution in [3.8, 4) is 0 Å². The van der Waals surface area contributed by atoms with Crippen LogP contribution in [0.3, 0.4) is 0 Å². The molecule has 3 atom stereocenters. The molecule has 2 aliphatic rings. The summed E-state index contributed by atoms with van der Waals surface area (Å²) < 4.78 is 11.0. The molecule has 0 radical (unpaired) electrons. The molecule has 1 saturated carbocycles. The average molecular weight is 261 g/mol. The van der Waals surface area contributed by atoms with Crippen molar-refractivity contribution in [1.82, 2.24) is 0 Å². The number of fused-ring (bicyclic) bond motifs is 1. The third-order valence-corrected chi connectivity index (χ3v) is 3.77. The van der Waals surface area contributed by atoms with Gasteiger partial charge >= 0.3 is 6.09 Å². The molecular weight excluding hydrogens is 242 g/mol. The SMILES string of the molecule is O=C(Nc1ccccc1)O[C@H]1CCC[C@@H]2O[C@H]2CC1. The number of ether oxygens (including phenoxy) is 2. The number of nitrogens with one attached hydrogen (secondary N) is 1. The molecule has 1 N–H and O–H groups in total. The minimum Gasteiger partial charge on any atom is -0.446 e. The quantitative estimate of drug-likeness (QED) is 0.831. The first-order valence-electron chi connectivity index (χ1n) is 6.99. The zero-order valence-electron chi connectivity index (χ0n) is 10.9. The highest BCUT2D eigenvalue weighted by atomic mass is 16.6. The van der Waals surface area contributed by atoms with Crippen molar-refractivity contribution >= 4 is 11.8 Å². The topological polar surface area (TPSA) is 50.9 Å². The van der Waals surface area contributed by atoms with E-state index >= 15 is 0 Å². The number of amides is 1. The van der Waals surface area contributed by atoms with Gasteiger partial charge in [-0.1, -0.05) is 18.2 Å². The van der Waals surface area contributed by atoms with Gasteiger partial charge < -0.3 is 9.47 Å². The number of benzene rings is 1. The van der Waals surface area contributed by atoms with Gasteiger partial charge in [-0.15, -0.1) is 0 Å². The molecule has 1 saturated heterocycles. The second kappa shape index (κ2) is 5.61. The minimum absolute atomic E-state index is 0.0221. The Kier molecular flexibility index (Phi) is 3.69. The highest BCUT2D eigenvalue weighted by Gasteiger charge is 2.39. The molecule has 4 heteroatoms. The zero-order valence-corrected chi connectivity index (χ0v) is 10.9. The molecule has 0 unspecified atom stereocenters. The lowest BCUT2D eigenvalue weighted by atomic mass is 9.99. The summed E-state index contributed by atoms with van der Waals surface area (Å²) in [5.41, 5.74) is 0.768. The number of anilines is 1. The lowest BCUT2D eigenvalue weighted by Crippen LogP contribution is -2.24. The molecule has 102 valence electrons. The fraction of sp³-hybridized carbons (Fsp3) is 0.533. The molecule has 0 aromatic heterocycles. The van der Waals surface area contributed by atoms with Gasteiger partial charge in [0.1, 0.15) is 6.10 Å². The number of carbonyl (C=O) groups is 1. The van der Waals surface area contributed by atoms with E-state index in [2.05, 4.69) is 5.32 Å². The molecule has 1 aromatic carbocycles. The van der Waals surface area contributed by atoms with Crippen molar-refractivity contribution in [1.29, 1.82) is 0 Å². The molecule has 3 rings (SSSR count). The van der Waals surface area contributed by atoms with E-state index in [0.717, 1.165) is 37.8 Å². The number of para-hydroxylation sites is 1. The maximum atomic E-state index is 11.8. The summed E-state index contributed by atoms with van der Waals surface area (Å²) in [6.45, 7) is 0. The van der Waals surface area contributed by atoms with Crippen LogP contribution in [0.5, 0.6) is 0 Å². The summed E-state index contributed by atoms with van der Waals surface area (Å²) in [5, 5.41) is 2.75. The van der Waals surface area contributed by atoms with E-state index < -0.39 is 0 Å². The molecule has 19 heavy (non-hydrogen) atoms. The smallest absolute Gasteiger partial charge is 0.411 e.